The van der Waals surface area contributed by atoms with Gasteiger partial charge in [-0.2, -0.15) is 0 Å². The third-order valence-electron chi connectivity index (χ3n) is 2.95. The Morgan fingerprint density at radius 2 is 1.04 bits per heavy atom. The van der Waals surface area contributed by atoms with E-state index in [2.05, 4.69) is 9.47 Å². The minimum Gasteiger partial charge on any atom is -0.494 e. The molecule has 4 N–H and O–H groups in total. The molecule has 0 amide bonds. The van der Waals surface area contributed by atoms with Crippen molar-refractivity contribution in [3.63, 3.8) is 0 Å². The van der Waals surface area contributed by atoms with Crippen molar-refractivity contribution in [3.8, 4) is 11.5 Å². The van der Waals surface area contributed by atoms with E-state index in [4.69, 9.17) is 20.1 Å². The summed E-state index contributed by atoms with van der Waals surface area (Å²) in [7, 11) is -0.614. The van der Waals surface area contributed by atoms with Crippen LogP contribution in [0.3, 0.4) is 0 Å². The molecule has 0 saturated heterocycles. The molecular weight excluding hydrogens is 324 g/mol. The monoisotopic (exact) mass is 340 g/mol. The Bertz CT molecular complexity index is 612. The number of rotatable bonds is 4. The van der Waals surface area contributed by atoms with Gasteiger partial charge in [-0.25, -0.2) is 8.78 Å². The van der Waals surface area contributed by atoms with Crippen LogP contribution in [0.2, 0.25) is 0 Å². The molecule has 0 fully saturated rings. The topological polar surface area (TPSA) is 99.4 Å². The lowest BCUT2D eigenvalue weighted by Crippen LogP contribution is -2.29. The molecule has 0 radical (unpaired) electrons. The van der Waals surface area contributed by atoms with Gasteiger partial charge in [0.05, 0.1) is 14.2 Å². The molecule has 0 aliphatic heterocycles. The summed E-state index contributed by atoms with van der Waals surface area (Å²) in [6, 6.07) is 7.47. The van der Waals surface area contributed by atoms with Gasteiger partial charge in [-0.15, -0.1) is 0 Å². The third kappa shape index (κ3) is 5.50. The largest absolute Gasteiger partial charge is 0.494 e. The average molecular weight is 340 g/mol. The first-order valence-corrected chi connectivity index (χ1v) is 6.69. The van der Waals surface area contributed by atoms with Gasteiger partial charge >= 0.3 is 14.2 Å². The first-order valence-electron chi connectivity index (χ1n) is 6.69. The Balaban J connectivity index is 0.000000240. The fourth-order valence-electron chi connectivity index (χ4n) is 1.69. The zero-order valence-corrected chi connectivity index (χ0v) is 13.0. The summed E-state index contributed by atoms with van der Waals surface area (Å²) in [6.07, 6.45) is 0. The summed E-state index contributed by atoms with van der Waals surface area (Å²) in [6.45, 7) is 0. The highest BCUT2D eigenvalue weighted by atomic mass is 19.1. The van der Waals surface area contributed by atoms with Crippen LogP contribution in [0.4, 0.5) is 8.78 Å². The molecule has 0 spiro atoms. The minimum atomic E-state index is -1.65. The van der Waals surface area contributed by atoms with E-state index in [-0.39, 0.29) is 22.4 Å². The lowest BCUT2D eigenvalue weighted by atomic mass is 9.80. The maximum atomic E-state index is 12.9. The molecule has 24 heavy (non-hydrogen) atoms. The summed E-state index contributed by atoms with van der Waals surface area (Å²) in [5.74, 6) is -1.05. The second kappa shape index (κ2) is 9.24. The summed E-state index contributed by atoms with van der Waals surface area (Å²) in [5.41, 5.74) is 0.210. The third-order valence-corrected chi connectivity index (χ3v) is 2.95. The summed E-state index contributed by atoms with van der Waals surface area (Å²) >= 11 is 0. The summed E-state index contributed by atoms with van der Waals surface area (Å²) in [4.78, 5) is 0. The van der Waals surface area contributed by atoms with Crippen LogP contribution in [0, 0.1) is 11.6 Å². The number of benzene rings is 2. The molecule has 0 bridgehead atoms. The van der Waals surface area contributed by atoms with E-state index in [1.807, 2.05) is 0 Å². The number of methoxy groups -OCH3 is 2. The van der Waals surface area contributed by atoms with Crippen molar-refractivity contribution in [1.82, 2.24) is 0 Å². The second-order valence-electron chi connectivity index (χ2n) is 4.54. The Labute approximate surface area is 138 Å². The van der Waals surface area contributed by atoms with Gasteiger partial charge in [0, 0.05) is 0 Å². The molecule has 2 aromatic carbocycles. The summed E-state index contributed by atoms with van der Waals surface area (Å²) < 4.78 is 35.0. The molecule has 0 saturated carbocycles. The van der Waals surface area contributed by atoms with Gasteiger partial charge in [0.2, 0.25) is 0 Å². The Morgan fingerprint density at radius 3 is 1.25 bits per heavy atom. The van der Waals surface area contributed by atoms with Crippen LogP contribution in [-0.4, -0.2) is 48.6 Å². The van der Waals surface area contributed by atoms with E-state index in [1.54, 1.807) is 0 Å². The van der Waals surface area contributed by atoms with Crippen molar-refractivity contribution < 1.29 is 38.4 Å². The standard InChI is InChI=1S/2C7H8BFO3/c2*1-12-7-3-2-5(8(10)11)4-6(7)9/h2*2-4,10-11H,1H3. The molecular formula is C14H16B2F2O6. The molecule has 0 atom stereocenters. The Hall–Kier alpha value is -2.13. The van der Waals surface area contributed by atoms with E-state index < -0.39 is 25.9 Å². The van der Waals surface area contributed by atoms with Crippen molar-refractivity contribution in [2.24, 2.45) is 0 Å². The smallest absolute Gasteiger partial charge is 0.488 e. The highest BCUT2D eigenvalue weighted by molar-refractivity contribution is 6.58. The van der Waals surface area contributed by atoms with Crippen LogP contribution in [-0.2, 0) is 0 Å². The second-order valence-corrected chi connectivity index (χ2v) is 4.54. The quantitative estimate of drug-likeness (QED) is 0.535. The van der Waals surface area contributed by atoms with Crippen molar-refractivity contribution in [3.05, 3.63) is 48.0 Å². The van der Waals surface area contributed by atoms with Crippen molar-refractivity contribution in [2.75, 3.05) is 14.2 Å². The molecule has 0 aliphatic rings. The first kappa shape index (κ1) is 19.9. The minimum absolute atomic E-state index is 0.0828. The SMILES string of the molecule is COc1ccc(B(O)O)cc1F.COc1ccc(B(O)O)cc1F. The van der Waals surface area contributed by atoms with Crippen molar-refractivity contribution >= 4 is 25.2 Å². The van der Waals surface area contributed by atoms with Crippen LogP contribution >= 0.6 is 0 Å². The Morgan fingerprint density at radius 1 is 0.708 bits per heavy atom. The van der Waals surface area contributed by atoms with Gasteiger partial charge in [-0.3, -0.25) is 0 Å². The lowest BCUT2D eigenvalue weighted by Gasteiger charge is -2.03. The number of hydrogen-bond donors (Lipinski definition) is 4. The molecule has 128 valence electrons. The maximum Gasteiger partial charge on any atom is 0.488 e. The average Bonchev–Trinajstić information content (AvgIpc) is 2.55. The fourth-order valence-corrected chi connectivity index (χ4v) is 1.69. The zero-order valence-electron chi connectivity index (χ0n) is 13.0. The van der Waals surface area contributed by atoms with Gasteiger partial charge in [0.1, 0.15) is 0 Å². The highest BCUT2D eigenvalue weighted by Crippen LogP contribution is 2.13. The number of halogens is 2. The zero-order chi connectivity index (χ0) is 18.3. The molecule has 0 aliphatic carbocycles. The normalized spacial score (nSPS) is 9.67. The van der Waals surface area contributed by atoms with Crippen LogP contribution in [0.1, 0.15) is 0 Å². The molecule has 10 heteroatoms. The van der Waals surface area contributed by atoms with Gasteiger partial charge in [-0.1, -0.05) is 12.1 Å². The van der Waals surface area contributed by atoms with E-state index in [0.29, 0.717) is 0 Å². The fraction of sp³-hybridized carbons (Fsp3) is 0.143. The molecule has 6 nitrogen and oxygen atoms in total. The van der Waals surface area contributed by atoms with Crippen molar-refractivity contribution in [1.29, 1.82) is 0 Å². The number of hydrogen-bond acceptors (Lipinski definition) is 6. The molecule has 0 aromatic heterocycles. The molecule has 2 aromatic rings. The van der Waals surface area contributed by atoms with E-state index >= 15 is 0 Å². The Kier molecular flexibility index (Phi) is 7.66. The lowest BCUT2D eigenvalue weighted by molar-refractivity contribution is 0.386. The number of ether oxygens (including phenoxy) is 2. The van der Waals surface area contributed by atoms with Crippen LogP contribution in [0.15, 0.2) is 36.4 Å². The molecule has 0 unspecified atom stereocenters. The van der Waals surface area contributed by atoms with Crippen LogP contribution < -0.4 is 20.4 Å². The highest BCUT2D eigenvalue weighted by Gasteiger charge is 2.14. The van der Waals surface area contributed by atoms with Gasteiger partial charge in [0.15, 0.2) is 23.1 Å². The molecule has 0 heterocycles. The predicted octanol–water partition coefficient (Wildman–Crippen LogP) is -0.972. The van der Waals surface area contributed by atoms with Crippen LogP contribution in [0.25, 0.3) is 0 Å². The molecule has 2 rings (SSSR count). The van der Waals surface area contributed by atoms with E-state index in [1.165, 1.54) is 38.5 Å². The maximum absolute atomic E-state index is 12.9. The predicted molar refractivity (Wildman–Crippen MR) is 85.6 cm³/mol. The van der Waals surface area contributed by atoms with Gasteiger partial charge < -0.3 is 29.6 Å². The van der Waals surface area contributed by atoms with Gasteiger partial charge in [0.25, 0.3) is 0 Å². The van der Waals surface area contributed by atoms with E-state index in [0.717, 1.165) is 12.1 Å². The van der Waals surface area contributed by atoms with Crippen molar-refractivity contribution in [2.45, 2.75) is 0 Å². The van der Waals surface area contributed by atoms with Crippen LogP contribution in [0.5, 0.6) is 11.5 Å². The van der Waals surface area contributed by atoms with E-state index in [9.17, 15) is 8.78 Å². The summed E-state index contributed by atoms with van der Waals surface area (Å²) in [5, 5.41) is 34.6. The first-order chi connectivity index (χ1) is 11.3. The van der Waals surface area contributed by atoms with Gasteiger partial charge in [-0.05, 0) is 35.2 Å².